The molecular formula is C16H11F3N3O3+. The summed E-state index contributed by atoms with van der Waals surface area (Å²) in [5, 5.41) is 23.2. The summed E-state index contributed by atoms with van der Waals surface area (Å²) in [7, 11) is 0. The van der Waals surface area contributed by atoms with E-state index in [1.165, 1.54) is 18.3 Å². The average Bonchev–Trinajstić information content (AvgIpc) is 2.96. The van der Waals surface area contributed by atoms with Crippen LogP contribution in [-0.2, 0) is 6.18 Å². The summed E-state index contributed by atoms with van der Waals surface area (Å²) in [6.45, 7) is 0. The predicted molar refractivity (Wildman–Crippen MR) is 78.7 cm³/mol. The Morgan fingerprint density at radius 1 is 1.08 bits per heavy atom. The van der Waals surface area contributed by atoms with Gasteiger partial charge in [0.1, 0.15) is 10.8 Å². The molecule has 2 N–H and O–H groups in total. The van der Waals surface area contributed by atoms with Gasteiger partial charge in [0.05, 0.1) is 5.56 Å². The van der Waals surface area contributed by atoms with Crippen LogP contribution in [0.4, 0.5) is 13.2 Å². The van der Waals surface area contributed by atoms with Crippen molar-refractivity contribution >= 4 is 5.97 Å². The van der Waals surface area contributed by atoms with Crippen LogP contribution in [0.25, 0.3) is 11.4 Å². The summed E-state index contributed by atoms with van der Waals surface area (Å²) in [4.78, 5) is 11.3. The molecule has 0 aliphatic heterocycles. The summed E-state index contributed by atoms with van der Waals surface area (Å²) in [6.07, 6.45) is -3.30. The number of nitrogens with zero attached hydrogens (tertiary/aromatic N) is 3. The van der Waals surface area contributed by atoms with Crippen molar-refractivity contribution in [3.63, 3.8) is 0 Å². The van der Waals surface area contributed by atoms with Gasteiger partial charge < -0.3 is 10.2 Å². The number of aromatic hydroxyl groups is 1. The zero-order valence-corrected chi connectivity index (χ0v) is 12.5. The van der Waals surface area contributed by atoms with Crippen molar-refractivity contribution in [1.29, 1.82) is 0 Å². The molecule has 0 spiro atoms. The number of halogens is 3. The van der Waals surface area contributed by atoms with Crippen molar-refractivity contribution in [2.24, 2.45) is 0 Å². The van der Waals surface area contributed by atoms with Crippen molar-refractivity contribution in [2.75, 3.05) is 0 Å². The first-order chi connectivity index (χ1) is 11.8. The normalized spacial score (nSPS) is 11.5. The highest BCUT2D eigenvalue weighted by Crippen LogP contribution is 2.29. The van der Waals surface area contributed by atoms with E-state index >= 15 is 0 Å². The van der Waals surface area contributed by atoms with E-state index in [4.69, 9.17) is 0 Å². The molecule has 0 radical (unpaired) electrons. The Morgan fingerprint density at radius 2 is 1.72 bits per heavy atom. The van der Waals surface area contributed by atoms with Crippen LogP contribution in [0.5, 0.6) is 5.88 Å². The molecule has 0 aliphatic carbocycles. The first-order valence-corrected chi connectivity index (χ1v) is 6.98. The maximum absolute atomic E-state index is 12.6. The fourth-order valence-corrected chi connectivity index (χ4v) is 2.28. The second kappa shape index (κ2) is 5.93. The number of carboxylic acid groups (broad SMARTS) is 1. The van der Waals surface area contributed by atoms with Crippen LogP contribution in [0.1, 0.15) is 15.9 Å². The molecule has 0 fully saturated rings. The monoisotopic (exact) mass is 350 g/mol. The molecule has 25 heavy (non-hydrogen) atoms. The number of hydrogen-bond donors (Lipinski definition) is 2. The topological polar surface area (TPSA) is 79.2 Å². The van der Waals surface area contributed by atoms with Gasteiger partial charge in [0.25, 0.3) is 0 Å². The number of carboxylic acids is 1. The van der Waals surface area contributed by atoms with E-state index in [9.17, 15) is 28.2 Å². The zero-order chi connectivity index (χ0) is 18.2. The highest BCUT2D eigenvalue weighted by molar-refractivity contribution is 5.90. The highest BCUT2D eigenvalue weighted by atomic mass is 19.4. The van der Waals surface area contributed by atoms with Crippen LogP contribution in [0, 0.1) is 0 Å². The largest absolute Gasteiger partial charge is 0.478 e. The van der Waals surface area contributed by atoms with Crippen LogP contribution in [0.15, 0.2) is 54.7 Å². The molecule has 2 aromatic carbocycles. The number of rotatable bonds is 3. The smallest absolute Gasteiger partial charge is 0.416 e. The maximum Gasteiger partial charge on any atom is 0.416 e. The van der Waals surface area contributed by atoms with E-state index in [0.717, 1.165) is 33.6 Å². The van der Waals surface area contributed by atoms with Crippen LogP contribution in [-0.4, -0.2) is 26.1 Å². The molecular weight excluding hydrogens is 339 g/mol. The molecule has 3 rings (SSSR count). The molecule has 9 heteroatoms. The lowest BCUT2D eigenvalue weighted by atomic mass is 10.2. The van der Waals surface area contributed by atoms with Crippen LogP contribution in [0.3, 0.4) is 0 Å². The van der Waals surface area contributed by atoms with E-state index in [2.05, 4.69) is 5.21 Å². The summed E-state index contributed by atoms with van der Waals surface area (Å²) < 4.78 is 40.0. The minimum atomic E-state index is -4.47. The Hall–Kier alpha value is -3.36. The second-order valence-corrected chi connectivity index (χ2v) is 5.10. The van der Waals surface area contributed by atoms with Gasteiger partial charge in [0.2, 0.25) is 6.20 Å². The van der Waals surface area contributed by atoms with Gasteiger partial charge in [0.15, 0.2) is 11.4 Å². The Labute approximate surface area is 139 Å². The SMILES string of the molecule is O=C(O)c1ccccc1-[n+]1cc(O)n(-c2ccc(C(F)(F)F)cc2)n1. The number of para-hydroxylation sites is 1. The maximum atomic E-state index is 12.6. The number of alkyl halides is 3. The van der Waals surface area contributed by atoms with Gasteiger partial charge in [-0.15, -0.1) is 0 Å². The third-order valence-electron chi connectivity index (χ3n) is 3.46. The lowest BCUT2D eigenvalue weighted by Crippen LogP contribution is -2.35. The quantitative estimate of drug-likeness (QED) is 0.712. The second-order valence-electron chi connectivity index (χ2n) is 5.10. The number of aromatic carboxylic acids is 1. The summed E-state index contributed by atoms with van der Waals surface area (Å²) in [6, 6.07) is 10.1. The average molecular weight is 350 g/mol. The molecule has 0 amide bonds. The molecule has 0 unspecified atom stereocenters. The summed E-state index contributed by atoms with van der Waals surface area (Å²) >= 11 is 0. The first kappa shape index (κ1) is 16.5. The van der Waals surface area contributed by atoms with Gasteiger partial charge in [-0.2, -0.15) is 13.2 Å². The fraction of sp³-hybridized carbons (Fsp3) is 0.0625. The molecule has 1 heterocycles. The molecule has 0 aliphatic rings. The van der Waals surface area contributed by atoms with Crippen molar-refractivity contribution in [3.05, 3.63) is 65.9 Å². The Bertz CT molecular complexity index is 934. The summed E-state index contributed by atoms with van der Waals surface area (Å²) in [5.41, 5.74) is -0.468. The lowest BCUT2D eigenvalue weighted by molar-refractivity contribution is -0.661. The Kier molecular flexibility index (Phi) is 3.91. The van der Waals surface area contributed by atoms with Crippen LogP contribution in [0.2, 0.25) is 0 Å². The predicted octanol–water partition coefficient (Wildman–Crippen LogP) is 2.57. The van der Waals surface area contributed by atoms with E-state index < -0.39 is 17.7 Å². The fourth-order valence-electron chi connectivity index (χ4n) is 2.28. The van der Waals surface area contributed by atoms with Crippen molar-refractivity contribution in [3.8, 4) is 17.3 Å². The van der Waals surface area contributed by atoms with Crippen LogP contribution < -0.4 is 4.68 Å². The molecule has 0 bridgehead atoms. The Morgan fingerprint density at radius 3 is 2.32 bits per heavy atom. The van der Waals surface area contributed by atoms with Crippen molar-refractivity contribution in [2.45, 2.75) is 6.18 Å². The van der Waals surface area contributed by atoms with E-state index in [-0.39, 0.29) is 22.8 Å². The zero-order valence-electron chi connectivity index (χ0n) is 12.5. The lowest BCUT2D eigenvalue weighted by Gasteiger charge is -2.05. The molecule has 128 valence electrons. The highest BCUT2D eigenvalue weighted by Gasteiger charge is 2.31. The van der Waals surface area contributed by atoms with Gasteiger partial charge in [-0.1, -0.05) is 21.5 Å². The van der Waals surface area contributed by atoms with Gasteiger partial charge in [-0.25, -0.2) is 4.79 Å². The molecule has 6 nitrogen and oxygen atoms in total. The first-order valence-electron chi connectivity index (χ1n) is 6.98. The van der Waals surface area contributed by atoms with E-state index in [1.54, 1.807) is 12.1 Å². The number of carbonyl (C=O) groups is 1. The Balaban J connectivity index is 2.03. The molecule has 1 aromatic heterocycles. The van der Waals surface area contributed by atoms with Gasteiger partial charge in [-0.05, 0) is 36.4 Å². The summed E-state index contributed by atoms with van der Waals surface area (Å²) in [5.74, 6) is -1.54. The van der Waals surface area contributed by atoms with Crippen LogP contribution >= 0.6 is 0 Å². The molecule has 0 atom stereocenters. The molecule has 3 aromatic rings. The van der Waals surface area contributed by atoms with Gasteiger partial charge in [0, 0.05) is 0 Å². The number of benzene rings is 2. The van der Waals surface area contributed by atoms with E-state index in [1.807, 2.05) is 0 Å². The standard InChI is InChI=1S/C16H10F3N3O3/c17-16(18,19)10-5-7-11(8-6-10)22-14(23)9-21(20-22)13-4-2-1-3-12(13)15(24)25/h1-9H,(H-,20,23,24,25)/p+1. The van der Waals surface area contributed by atoms with E-state index in [0.29, 0.717) is 0 Å². The number of hydrogen-bond acceptors (Lipinski definition) is 3. The molecule has 0 saturated carbocycles. The van der Waals surface area contributed by atoms with Gasteiger partial charge in [-0.3, -0.25) is 0 Å². The minimum absolute atomic E-state index is 0.0374. The van der Waals surface area contributed by atoms with Gasteiger partial charge >= 0.3 is 18.0 Å². The van der Waals surface area contributed by atoms with Crippen molar-refractivity contribution in [1.82, 2.24) is 9.90 Å². The minimum Gasteiger partial charge on any atom is -0.478 e. The van der Waals surface area contributed by atoms with Crippen molar-refractivity contribution < 1.29 is 32.9 Å². The third-order valence-corrected chi connectivity index (χ3v) is 3.46. The third kappa shape index (κ3) is 3.16. The molecule has 0 saturated heterocycles. The number of aromatic nitrogens is 3.